The van der Waals surface area contributed by atoms with E-state index in [-0.39, 0.29) is 37.0 Å². The molecule has 2 amide bonds. The molecule has 1 saturated heterocycles. The lowest BCUT2D eigenvalue weighted by atomic mass is 9.97. The normalized spacial score (nSPS) is 20.0. The van der Waals surface area contributed by atoms with Gasteiger partial charge >= 0.3 is 5.97 Å². The Balaban J connectivity index is 1.75. The summed E-state index contributed by atoms with van der Waals surface area (Å²) in [6.07, 6.45) is 3.04. The number of ether oxygens (including phenoxy) is 1. The number of halogens is 1. The fraction of sp³-hybridized carbons (Fsp3) is 0.500. The summed E-state index contributed by atoms with van der Waals surface area (Å²) in [4.78, 5) is 37.8. The number of piperidine rings is 1. The lowest BCUT2D eigenvalue weighted by Crippen LogP contribution is -2.49. The number of hydrogen-bond donors (Lipinski definition) is 1. The van der Waals surface area contributed by atoms with E-state index in [4.69, 9.17) is 4.74 Å². The average Bonchev–Trinajstić information content (AvgIpc) is 2.58. The van der Waals surface area contributed by atoms with Crippen LogP contribution in [0.15, 0.2) is 28.7 Å². The van der Waals surface area contributed by atoms with Gasteiger partial charge < -0.3 is 15.0 Å². The molecule has 0 bridgehead atoms. The molecule has 136 valence electrons. The highest BCUT2D eigenvalue weighted by molar-refractivity contribution is 9.10. The first-order valence-electron chi connectivity index (χ1n) is 8.39. The van der Waals surface area contributed by atoms with Crippen molar-refractivity contribution >= 4 is 33.7 Å². The second-order valence-corrected chi connectivity index (χ2v) is 7.20. The first-order chi connectivity index (χ1) is 11.9. The molecule has 25 heavy (non-hydrogen) atoms. The van der Waals surface area contributed by atoms with Crippen molar-refractivity contribution < 1.29 is 19.1 Å². The molecule has 1 fully saturated rings. The van der Waals surface area contributed by atoms with E-state index < -0.39 is 5.97 Å². The summed E-state index contributed by atoms with van der Waals surface area (Å²) in [7, 11) is 0. The van der Waals surface area contributed by atoms with E-state index >= 15 is 0 Å². The van der Waals surface area contributed by atoms with E-state index in [1.165, 1.54) is 0 Å². The van der Waals surface area contributed by atoms with Crippen LogP contribution in [0.2, 0.25) is 0 Å². The number of nitrogens with one attached hydrogen (secondary N) is 1. The molecule has 1 heterocycles. The molecule has 0 saturated carbocycles. The van der Waals surface area contributed by atoms with Gasteiger partial charge in [-0.1, -0.05) is 15.9 Å². The highest BCUT2D eigenvalue weighted by Gasteiger charge is 2.29. The third kappa shape index (κ3) is 5.56. The molecule has 1 N–H and O–H groups in total. The second-order valence-electron chi connectivity index (χ2n) is 6.28. The van der Waals surface area contributed by atoms with Crippen LogP contribution < -0.4 is 5.32 Å². The van der Waals surface area contributed by atoms with Gasteiger partial charge in [0.25, 0.3) is 11.8 Å². The number of nitrogens with zero attached hydrogens (tertiary/aromatic N) is 1. The van der Waals surface area contributed by atoms with Gasteiger partial charge in [0, 0.05) is 22.1 Å². The maximum atomic E-state index is 12.3. The molecule has 1 aromatic carbocycles. The predicted octanol–water partition coefficient (Wildman–Crippen LogP) is 2.51. The van der Waals surface area contributed by atoms with Crippen LogP contribution >= 0.6 is 15.9 Å². The minimum atomic E-state index is -0.629. The molecule has 0 unspecified atom stereocenters. The Kier molecular flexibility index (Phi) is 6.99. The third-order valence-corrected chi connectivity index (χ3v) is 4.87. The number of esters is 1. The molecule has 0 radical (unpaired) electrons. The number of hydrogen-bond acceptors (Lipinski definition) is 4. The van der Waals surface area contributed by atoms with Crippen molar-refractivity contribution in [1.29, 1.82) is 0 Å². The van der Waals surface area contributed by atoms with Crippen LogP contribution in [0.25, 0.3) is 0 Å². The quantitative estimate of drug-likeness (QED) is 0.756. The largest absolute Gasteiger partial charge is 0.454 e. The van der Waals surface area contributed by atoms with Gasteiger partial charge in [-0.05, 0) is 57.4 Å². The highest BCUT2D eigenvalue weighted by Crippen LogP contribution is 2.22. The summed E-state index contributed by atoms with van der Waals surface area (Å²) in [6.45, 7) is 3.45. The smallest absolute Gasteiger partial charge is 0.325 e. The minimum absolute atomic E-state index is 0.159. The Morgan fingerprint density at radius 3 is 2.36 bits per heavy atom. The van der Waals surface area contributed by atoms with E-state index in [0.29, 0.717) is 5.56 Å². The Morgan fingerprint density at radius 1 is 1.16 bits per heavy atom. The average molecular weight is 411 g/mol. The summed E-state index contributed by atoms with van der Waals surface area (Å²) in [5.41, 5.74) is 0.447. The molecule has 2 atom stereocenters. The van der Waals surface area contributed by atoms with Crippen molar-refractivity contribution in [2.24, 2.45) is 0 Å². The number of rotatable bonds is 5. The zero-order valence-electron chi connectivity index (χ0n) is 14.5. The molecule has 0 aromatic heterocycles. The van der Waals surface area contributed by atoms with E-state index in [1.807, 2.05) is 13.8 Å². The SMILES string of the molecule is C[C@@H]1CCC[C@H](C)N1C(=O)COC(=O)CNC(=O)c1ccc(Br)cc1. The van der Waals surface area contributed by atoms with E-state index in [9.17, 15) is 14.4 Å². The van der Waals surface area contributed by atoms with Gasteiger partial charge in [0.1, 0.15) is 6.54 Å². The topological polar surface area (TPSA) is 75.7 Å². The van der Waals surface area contributed by atoms with Gasteiger partial charge in [0.15, 0.2) is 6.61 Å². The number of carbonyl (C=O) groups excluding carboxylic acids is 3. The fourth-order valence-electron chi connectivity index (χ4n) is 3.04. The maximum Gasteiger partial charge on any atom is 0.325 e. The van der Waals surface area contributed by atoms with Crippen LogP contribution in [0, 0.1) is 0 Å². The second kappa shape index (κ2) is 8.99. The van der Waals surface area contributed by atoms with Crippen molar-refractivity contribution in [3.63, 3.8) is 0 Å². The minimum Gasteiger partial charge on any atom is -0.454 e. The van der Waals surface area contributed by atoms with Gasteiger partial charge in [0.05, 0.1) is 0 Å². The Hall–Kier alpha value is -1.89. The van der Waals surface area contributed by atoms with Crippen molar-refractivity contribution in [1.82, 2.24) is 10.2 Å². The molecular weight excluding hydrogens is 388 g/mol. The lowest BCUT2D eigenvalue weighted by Gasteiger charge is -2.38. The predicted molar refractivity (Wildman–Crippen MR) is 97.1 cm³/mol. The summed E-state index contributed by atoms with van der Waals surface area (Å²) in [6, 6.07) is 7.10. The van der Waals surface area contributed by atoms with Crippen LogP contribution in [0.4, 0.5) is 0 Å². The fourth-order valence-corrected chi connectivity index (χ4v) is 3.30. The Morgan fingerprint density at radius 2 is 1.76 bits per heavy atom. The summed E-state index contributed by atoms with van der Waals surface area (Å²) >= 11 is 3.29. The first-order valence-corrected chi connectivity index (χ1v) is 9.18. The highest BCUT2D eigenvalue weighted by atomic mass is 79.9. The van der Waals surface area contributed by atoms with Gasteiger partial charge in [-0.2, -0.15) is 0 Å². The molecule has 1 aromatic rings. The zero-order chi connectivity index (χ0) is 18.4. The van der Waals surface area contributed by atoms with Crippen LogP contribution in [-0.4, -0.2) is 47.9 Å². The zero-order valence-corrected chi connectivity index (χ0v) is 16.0. The van der Waals surface area contributed by atoms with Crippen molar-refractivity contribution in [2.75, 3.05) is 13.2 Å². The maximum absolute atomic E-state index is 12.3. The molecule has 6 nitrogen and oxygen atoms in total. The van der Waals surface area contributed by atoms with Crippen molar-refractivity contribution in [3.8, 4) is 0 Å². The van der Waals surface area contributed by atoms with Crippen molar-refractivity contribution in [3.05, 3.63) is 34.3 Å². The van der Waals surface area contributed by atoms with Crippen LogP contribution in [0.5, 0.6) is 0 Å². The number of carbonyl (C=O) groups is 3. The monoisotopic (exact) mass is 410 g/mol. The number of amides is 2. The Labute approximate surface area is 156 Å². The van der Waals surface area contributed by atoms with Crippen LogP contribution in [-0.2, 0) is 14.3 Å². The summed E-state index contributed by atoms with van der Waals surface area (Å²) < 4.78 is 5.87. The van der Waals surface area contributed by atoms with E-state index in [0.717, 1.165) is 23.7 Å². The molecule has 0 spiro atoms. The molecule has 0 aliphatic carbocycles. The Bertz CT molecular complexity index is 622. The van der Waals surface area contributed by atoms with Gasteiger partial charge in [-0.3, -0.25) is 14.4 Å². The number of benzene rings is 1. The molecule has 2 rings (SSSR count). The lowest BCUT2D eigenvalue weighted by molar-refractivity contribution is -0.154. The van der Waals surface area contributed by atoms with Crippen LogP contribution in [0.3, 0.4) is 0 Å². The van der Waals surface area contributed by atoms with Crippen molar-refractivity contribution in [2.45, 2.75) is 45.2 Å². The molecular formula is C18H23BrN2O4. The molecule has 7 heteroatoms. The summed E-state index contributed by atoms with van der Waals surface area (Å²) in [5.74, 6) is -1.18. The standard InChI is InChI=1S/C18H23BrN2O4/c1-12-4-3-5-13(2)21(12)16(22)11-25-17(23)10-20-18(24)14-6-8-15(19)9-7-14/h6-9,12-13H,3-5,10-11H2,1-2H3,(H,20,24)/t12-,13+. The van der Waals surface area contributed by atoms with Gasteiger partial charge in [-0.15, -0.1) is 0 Å². The third-order valence-electron chi connectivity index (χ3n) is 4.34. The van der Waals surface area contributed by atoms with Gasteiger partial charge in [0.2, 0.25) is 0 Å². The molecule has 1 aliphatic rings. The summed E-state index contributed by atoms with van der Waals surface area (Å²) in [5, 5.41) is 2.49. The van der Waals surface area contributed by atoms with E-state index in [2.05, 4.69) is 21.2 Å². The first kappa shape index (κ1) is 19.4. The molecule has 1 aliphatic heterocycles. The van der Waals surface area contributed by atoms with E-state index in [1.54, 1.807) is 29.2 Å². The van der Waals surface area contributed by atoms with Gasteiger partial charge in [-0.25, -0.2) is 0 Å². The van der Waals surface area contributed by atoms with Crippen LogP contribution in [0.1, 0.15) is 43.5 Å². The number of likely N-dealkylation sites (tertiary alicyclic amines) is 1.